The third-order valence-electron chi connectivity index (χ3n) is 2.32. The molecule has 0 fully saturated rings. The number of H-pyrrole nitrogens is 1. The minimum atomic E-state index is 0.545. The molecule has 0 amide bonds. The Kier molecular flexibility index (Phi) is 4.22. The van der Waals surface area contributed by atoms with Crippen molar-refractivity contribution < 1.29 is 0 Å². The molecule has 2 rings (SSSR count). The van der Waals surface area contributed by atoms with E-state index in [0.29, 0.717) is 4.77 Å². The van der Waals surface area contributed by atoms with Gasteiger partial charge in [-0.05, 0) is 30.1 Å². The monoisotopic (exact) mass is 266 g/mol. The number of nitrogens with zero attached hydrogens (tertiary/aromatic N) is 3. The number of thiophene rings is 1. The summed E-state index contributed by atoms with van der Waals surface area (Å²) in [6.45, 7) is 2.15. The number of aryl methyl sites for hydroxylation is 1. The van der Waals surface area contributed by atoms with E-state index >= 15 is 0 Å². The van der Waals surface area contributed by atoms with Crippen LogP contribution in [0.25, 0.3) is 0 Å². The van der Waals surface area contributed by atoms with Gasteiger partial charge in [0.15, 0.2) is 5.82 Å². The number of hydrogen-bond donors (Lipinski definition) is 1. The summed E-state index contributed by atoms with van der Waals surface area (Å²) < 4.78 is 2.24. The highest BCUT2D eigenvalue weighted by atomic mass is 32.1. The maximum Gasteiger partial charge on any atom is 0.216 e. The molecule has 0 spiro atoms. The van der Waals surface area contributed by atoms with Crippen LogP contribution in [0, 0.1) is 4.77 Å². The fraction of sp³-hybridized carbons (Fsp3) is 0.364. The van der Waals surface area contributed by atoms with Crippen LogP contribution in [0.2, 0.25) is 0 Å². The molecule has 6 heteroatoms. The van der Waals surface area contributed by atoms with Gasteiger partial charge in [0, 0.05) is 11.3 Å². The topological polar surface area (TPSA) is 46.0 Å². The van der Waals surface area contributed by atoms with Gasteiger partial charge in [0.1, 0.15) is 0 Å². The molecular formula is C11H14N4S2. The third-order valence-corrected chi connectivity index (χ3v) is 3.39. The minimum absolute atomic E-state index is 0.545. The normalized spacial score (nSPS) is 11.4. The Morgan fingerprint density at radius 1 is 1.65 bits per heavy atom. The van der Waals surface area contributed by atoms with Crippen molar-refractivity contribution in [3.8, 4) is 0 Å². The molecule has 0 bridgehead atoms. The van der Waals surface area contributed by atoms with E-state index in [0.717, 1.165) is 30.0 Å². The molecule has 0 aliphatic carbocycles. The third kappa shape index (κ3) is 3.10. The van der Waals surface area contributed by atoms with Gasteiger partial charge in [-0.2, -0.15) is 14.9 Å². The minimum Gasteiger partial charge on any atom is -0.250 e. The van der Waals surface area contributed by atoms with Crippen LogP contribution in [-0.4, -0.2) is 21.1 Å². The summed E-state index contributed by atoms with van der Waals surface area (Å²) in [5, 5.41) is 13.4. The fourth-order valence-electron chi connectivity index (χ4n) is 1.42. The summed E-state index contributed by atoms with van der Waals surface area (Å²) in [6.07, 6.45) is 4.93. The molecule has 90 valence electrons. The lowest BCUT2D eigenvalue weighted by atomic mass is 10.2. The summed E-state index contributed by atoms with van der Waals surface area (Å²) in [7, 11) is 0. The predicted molar refractivity (Wildman–Crippen MR) is 73.3 cm³/mol. The summed E-state index contributed by atoms with van der Waals surface area (Å²) >= 11 is 6.80. The Bertz CT molecular complexity index is 536. The average Bonchev–Trinajstić information content (AvgIpc) is 2.94. The van der Waals surface area contributed by atoms with Gasteiger partial charge < -0.3 is 0 Å². The molecule has 4 nitrogen and oxygen atoms in total. The van der Waals surface area contributed by atoms with E-state index in [-0.39, 0.29) is 0 Å². The lowest BCUT2D eigenvalue weighted by Gasteiger charge is -1.98. The van der Waals surface area contributed by atoms with Crippen LogP contribution in [0.4, 0.5) is 0 Å². The molecule has 0 saturated carbocycles. The molecule has 2 aromatic heterocycles. The van der Waals surface area contributed by atoms with Gasteiger partial charge in [-0.25, -0.2) is 0 Å². The standard InChI is InChI=1S/C11H14N4S2/c1-2-3-6-10-13-14-11(16)15(10)12-8-9-5-4-7-17-9/h4-5,7-8H,2-3,6H2,1H3,(H,14,16)/b12-8-. The van der Waals surface area contributed by atoms with Crippen molar-refractivity contribution in [3.05, 3.63) is 33.0 Å². The Morgan fingerprint density at radius 2 is 2.53 bits per heavy atom. The summed E-state index contributed by atoms with van der Waals surface area (Å²) in [5.74, 6) is 0.893. The molecule has 0 aromatic carbocycles. The molecular weight excluding hydrogens is 252 g/mol. The number of rotatable bonds is 5. The van der Waals surface area contributed by atoms with E-state index in [1.807, 2.05) is 23.7 Å². The second-order valence-electron chi connectivity index (χ2n) is 3.62. The van der Waals surface area contributed by atoms with E-state index in [2.05, 4.69) is 22.2 Å². The Hall–Kier alpha value is -1.27. The first kappa shape index (κ1) is 12.2. The zero-order valence-corrected chi connectivity index (χ0v) is 11.2. The van der Waals surface area contributed by atoms with Crippen LogP contribution in [0.1, 0.15) is 30.5 Å². The van der Waals surface area contributed by atoms with E-state index in [1.165, 1.54) is 0 Å². The van der Waals surface area contributed by atoms with E-state index in [9.17, 15) is 0 Å². The number of aromatic amines is 1. The molecule has 0 atom stereocenters. The van der Waals surface area contributed by atoms with E-state index in [1.54, 1.807) is 16.0 Å². The van der Waals surface area contributed by atoms with Crippen molar-refractivity contribution in [3.63, 3.8) is 0 Å². The van der Waals surface area contributed by atoms with Gasteiger partial charge >= 0.3 is 0 Å². The van der Waals surface area contributed by atoms with Gasteiger partial charge in [0.25, 0.3) is 0 Å². The van der Waals surface area contributed by atoms with Crippen LogP contribution >= 0.6 is 23.6 Å². The van der Waals surface area contributed by atoms with Gasteiger partial charge in [0.2, 0.25) is 4.77 Å². The van der Waals surface area contributed by atoms with Crippen molar-refractivity contribution in [1.29, 1.82) is 0 Å². The molecule has 17 heavy (non-hydrogen) atoms. The average molecular weight is 266 g/mol. The van der Waals surface area contributed by atoms with Crippen molar-refractivity contribution in [2.45, 2.75) is 26.2 Å². The van der Waals surface area contributed by atoms with Gasteiger partial charge in [-0.15, -0.1) is 11.3 Å². The number of hydrogen-bond acceptors (Lipinski definition) is 4. The molecule has 0 saturated heterocycles. The Morgan fingerprint density at radius 3 is 3.24 bits per heavy atom. The summed E-state index contributed by atoms with van der Waals surface area (Å²) in [4.78, 5) is 1.11. The Balaban J connectivity index is 2.19. The molecule has 2 aromatic rings. The van der Waals surface area contributed by atoms with Crippen LogP contribution in [0.3, 0.4) is 0 Å². The van der Waals surface area contributed by atoms with Crippen molar-refractivity contribution in [2.24, 2.45) is 5.10 Å². The molecule has 0 radical (unpaired) electrons. The second-order valence-corrected chi connectivity index (χ2v) is 4.99. The first-order valence-corrected chi connectivity index (χ1v) is 6.84. The quantitative estimate of drug-likeness (QED) is 0.667. The van der Waals surface area contributed by atoms with Crippen molar-refractivity contribution >= 4 is 29.8 Å². The lowest BCUT2D eigenvalue weighted by molar-refractivity contribution is 0.700. The maximum atomic E-state index is 5.15. The summed E-state index contributed by atoms with van der Waals surface area (Å²) in [6, 6.07) is 4.02. The van der Waals surface area contributed by atoms with Crippen LogP contribution in [0.5, 0.6) is 0 Å². The van der Waals surface area contributed by atoms with E-state index in [4.69, 9.17) is 12.2 Å². The predicted octanol–water partition coefficient (Wildman–Crippen LogP) is 3.23. The lowest BCUT2D eigenvalue weighted by Crippen LogP contribution is -1.98. The molecule has 0 aliphatic heterocycles. The molecule has 2 heterocycles. The maximum absolute atomic E-state index is 5.15. The molecule has 0 unspecified atom stereocenters. The fourth-order valence-corrected chi connectivity index (χ4v) is 2.20. The number of nitrogens with one attached hydrogen (secondary N) is 1. The first-order chi connectivity index (χ1) is 8.31. The van der Waals surface area contributed by atoms with Crippen molar-refractivity contribution in [2.75, 3.05) is 0 Å². The summed E-state index contributed by atoms with van der Waals surface area (Å²) in [5.41, 5.74) is 0. The SMILES string of the molecule is CCCCc1n[nH]c(=S)n1/N=C\c1cccs1. The Labute approximate surface area is 109 Å². The second kappa shape index (κ2) is 5.88. The smallest absolute Gasteiger partial charge is 0.216 e. The molecule has 1 N–H and O–H groups in total. The molecule has 0 aliphatic rings. The highest BCUT2D eigenvalue weighted by Gasteiger charge is 2.03. The number of unbranched alkanes of at least 4 members (excludes halogenated alkanes) is 1. The van der Waals surface area contributed by atoms with Crippen molar-refractivity contribution in [1.82, 2.24) is 14.9 Å². The van der Waals surface area contributed by atoms with Gasteiger partial charge in [-0.3, -0.25) is 5.10 Å². The zero-order valence-electron chi connectivity index (χ0n) is 9.59. The van der Waals surface area contributed by atoms with Gasteiger partial charge in [-0.1, -0.05) is 19.4 Å². The zero-order chi connectivity index (χ0) is 12.1. The number of aromatic nitrogens is 3. The first-order valence-electron chi connectivity index (χ1n) is 5.55. The van der Waals surface area contributed by atoms with Crippen LogP contribution in [0.15, 0.2) is 22.6 Å². The van der Waals surface area contributed by atoms with Crippen LogP contribution in [-0.2, 0) is 6.42 Å². The van der Waals surface area contributed by atoms with Crippen LogP contribution < -0.4 is 0 Å². The highest BCUT2D eigenvalue weighted by molar-refractivity contribution is 7.71. The van der Waals surface area contributed by atoms with Gasteiger partial charge in [0.05, 0.1) is 6.21 Å². The highest BCUT2D eigenvalue weighted by Crippen LogP contribution is 2.07. The largest absolute Gasteiger partial charge is 0.250 e. The van der Waals surface area contributed by atoms with E-state index < -0.39 is 0 Å².